The van der Waals surface area contributed by atoms with E-state index in [0.717, 1.165) is 0 Å². The summed E-state index contributed by atoms with van der Waals surface area (Å²) in [5.41, 5.74) is 0.626. The van der Waals surface area contributed by atoms with Crippen LogP contribution in [0.4, 0.5) is 5.69 Å². The largest absolute Gasteiger partial charge is 0.385 e. The average molecular weight is 291 g/mol. The minimum Gasteiger partial charge on any atom is -0.385 e. The second-order valence-corrected chi connectivity index (χ2v) is 5.03. The van der Waals surface area contributed by atoms with Gasteiger partial charge >= 0.3 is 0 Å². The molecule has 1 aromatic heterocycles. The Morgan fingerprint density at radius 1 is 1.33 bits per heavy atom. The highest BCUT2D eigenvalue weighted by molar-refractivity contribution is 6.06. The molecule has 0 aromatic carbocycles. The summed E-state index contributed by atoms with van der Waals surface area (Å²) in [6.07, 6.45) is 1.53. The van der Waals surface area contributed by atoms with E-state index in [1.165, 1.54) is 11.1 Å². The first-order chi connectivity index (χ1) is 9.92. The van der Waals surface area contributed by atoms with Crippen molar-refractivity contribution in [3.05, 3.63) is 17.7 Å². The Morgan fingerprint density at radius 2 is 1.95 bits per heavy atom. The molecular weight excluding hydrogens is 274 g/mol. The third-order valence-electron chi connectivity index (χ3n) is 3.03. The molecule has 0 atom stereocenters. The first-order valence-electron chi connectivity index (χ1n) is 6.59. The topological polar surface area (TPSA) is 104 Å². The molecule has 0 saturated carbocycles. The Hall–Kier alpha value is -2.51. The van der Waals surface area contributed by atoms with Crippen molar-refractivity contribution in [3.8, 4) is 0 Å². The lowest BCUT2D eigenvalue weighted by Crippen LogP contribution is -2.53. The van der Waals surface area contributed by atoms with Gasteiger partial charge < -0.3 is 10.2 Å². The Balaban J connectivity index is 2.35. The fourth-order valence-electron chi connectivity index (χ4n) is 1.95. The van der Waals surface area contributed by atoms with E-state index in [2.05, 4.69) is 20.6 Å². The molecular formula is C13H17N5O3. The minimum atomic E-state index is -0.497. The molecule has 2 N–H and O–H groups in total. The van der Waals surface area contributed by atoms with E-state index in [1.54, 1.807) is 7.05 Å². The molecule has 0 bridgehead atoms. The van der Waals surface area contributed by atoms with Crippen LogP contribution in [0.5, 0.6) is 0 Å². The molecule has 112 valence electrons. The first kappa shape index (κ1) is 14.9. The quantitative estimate of drug-likeness (QED) is 0.744. The van der Waals surface area contributed by atoms with E-state index < -0.39 is 17.7 Å². The number of anilines is 1. The Kier molecular flexibility index (Phi) is 4.15. The van der Waals surface area contributed by atoms with Gasteiger partial charge in [0.2, 0.25) is 11.8 Å². The lowest BCUT2D eigenvalue weighted by molar-refractivity contribution is -0.135. The summed E-state index contributed by atoms with van der Waals surface area (Å²) >= 11 is 0. The van der Waals surface area contributed by atoms with Crippen molar-refractivity contribution in [2.45, 2.75) is 19.8 Å². The number of aromatic nitrogens is 2. The van der Waals surface area contributed by atoms with Crippen LogP contribution in [0.25, 0.3) is 0 Å². The smallest absolute Gasteiger partial charge is 0.275 e. The number of amides is 3. The number of hydrogen-bond donors (Lipinski definition) is 2. The SMILES string of the molecule is CNc1cnc(C(C)C)nc1C(=O)N1CC(=O)NC(=O)C1. The van der Waals surface area contributed by atoms with Crippen LogP contribution >= 0.6 is 0 Å². The second kappa shape index (κ2) is 5.86. The van der Waals surface area contributed by atoms with Gasteiger partial charge in [-0.2, -0.15) is 0 Å². The van der Waals surface area contributed by atoms with Gasteiger partial charge in [0.15, 0.2) is 5.69 Å². The van der Waals surface area contributed by atoms with Crippen molar-refractivity contribution in [2.24, 2.45) is 0 Å². The molecule has 2 rings (SSSR count). The summed E-state index contributed by atoms with van der Waals surface area (Å²) in [6.45, 7) is 3.52. The van der Waals surface area contributed by atoms with Gasteiger partial charge in [0.1, 0.15) is 18.9 Å². The second-order valence-electron chi connectivity index (χ2n) is 5.03. The molecule has 1 aliphatic heterocycles. The molecule has 0 aliphatic carbocycles. The third-order valence-corrected chi connectivity index (χ3v) is 3.03. The van der Waals surface area contributed by atoms with Crippen molar-refractivity contribution >= 4 is 23.4 Å². The molecule has 0 radical (unpaired) electrons. The molecule has 8 heteroatoms. The number of hydrogen-bond acceptors (Lipinski definition) is 6. The standard InChI is InChI=1S/C13H17N5O3/c1-7(2)12-15-4-8(14-3)11(17-12)13(21)18-5-9(19)16-10(20)6-18/h4,7,14H,5-6H2,1-3H3,(H,16,19,20). The molecule has 3 amide bonds. The summed E-state index contributed by atoms with van der Waals surface area (Å²) in [5.74, 6) is -0.863. The van der Waals surface area contributed by atoms with Gasteiger partial charge in [-0.15, -0.1) is 0 Å². The van der Waals surface area contributed by atoms with Crippen LogP contribution in [0.3, 0.4) is 0 Å². The Morgan fingerprint density at radius 3 is 2.48 bits per heavy atom. The van der Waals surface area contributed by atoms with E-state index in [0.29, 0.717) is 11.5 Å². The fraction of sp³-hybridized carbons (Fsp3) is 0.462. The maximum atomic E-state index is 12.5. The van der Waals surface area contributed by atoms with Gasteiger partial charge in [-0.3, -0.25) is 19.7 Å². The summed E-state index contributed by atoms with van der Waals surface area (Å²) in [6, 6.07) is 0. The molecule has 1 aliphatic rings. The van der Waals surface area contributed by atoms with Gasteiger partial charge in [-0.25, -0.2) is 9.97 Å². The minimum absolute atomic E-state index is 0.0637. The average Bonchev–Trinajstić information content (AvgIpc) is 2.44. The van der Waals surface area contributed by atoms with Crippen LogP contribution in [0, 0.1) is 0 Å². The predicted molar refractivity (Wildman–Crippen MR) is 74.7 cm³/mol. The number of carbonyl (C=O) groups is 3. The molecule has 8 nitrogen and oxygen atoms in total. The highest BCUT2D eigenvalue weighted by atomic mass is 16.2. The fourth-order valence-corrected chi connectivity index (χ4v) is 1.95. The van der Waals surface area contributed by atoms with E-state index in [4.69, 9.17) is 0 Å². The summed E-state index contributed by atoms with van der Waals surface area (Å²) < 4.78 is 0. The van der Waals surface area contributed by atoms with Crippen LogP contribution < -0.4 is 10.6 Å². The number of nitrogens with zero attached hydrogens (tertiary/aromatic N) is 3. The van der Waals surface area contributed by atoms with E-state index >= 15 is 0 Å². The van der Waals surface area contributed by atoms with Crippen LogP contribution in [0.15, 0.2) is 6.20 Å². The summed E-state index contributed by atoms with van der Waals surface area (Å²) in [5, 5.41) is 5.00. The molecule has 2 heterocycles. The molecule has 21 heavy (non-hydrogen) atoms. The number of carbonyl (C=O) groups excluding carboxylic acids is 3. The van der Waals surface area contributed by atoms with Crippen LogP contribution in [0.1, 0.15) is 36.1 Å². The highest BCUT2D eigenvalue weighted by Gasteiger charge is 2.29. The van der Waals surface area contributed by atoms with Crippen LogP contribution in [0.2, 0.25) is 0 Å². The lowest BCUT2D eigenvalue weighted by atomic mass is 10.2. The monoisotopic (exact) mass is 291 g/mol. The maximum Gasteiger partial charge on any atom is 0.275 e. The number of imide groups is 1. The first-order valence-corrected chi connectivity index (χ1v) is 6.59. The zero-order valence-corrected chi connectivity index (χ0v) is 12.1. The van der Waals surface area contributed by atoms with E-state index in [1.807, 2.05) is 13.8 Å². The molecule has 1 aromatic rings. The van der Waals surface area contributed by atoms with Gasteiger partial charge in [0.05, 0.1) is 11.9 Å². The van der Waals surface area contributed by atoms with Gasteiger partial charge in [0, 0.05) is 13.0 Å². The summed E-state index contributed by atoms with van der Waals surface area (Å²) in [7, 11) is 1.65. The van der Waals surface area contributed by atoms with Crippen molar-refractivity contribution < 1.29 is 14.4 Å². The Labute approximate surface area is 121 Å². The number of piperazine rings is 1. The van der Waals surface area contributed by atoms with Gasteiger partial charge in [-0.1, -0.05) is 13.8 Å². The Bertz CT molecular complexity index is 583. The normalized spacial score (nSPS) is 15.1. The van der Waals surface area contributed by atoms with Gasteiger partial charge in [-0.05, 0) is 0 Å². The zero-order chi connectivity index (χ0) is 15.6. The number of nitrogens with one attached hydrogen (secondary N) is 2. The lowest BCUT2D eigenvalue weighted by Gasteiger charge is -2.25. The third kappa shape index (κ3) is 3.15. The predicted octanol–water partition coefficient (Wildman–Crippen LogP) is -0.260. The van der Waals surface area contributed by atoms with Crippen LogP contribution in [-0.2, 0) is 9.59 Å². The van der Waals surface area contributed by atoms with Crippen molar-refractivity contribution in [1.29, 1.82) is 0 Å². The summed E-state index contributed by atoms with van der Waals surface area (Å²) in [4.78, 5) is 44.9. The van der Waals surface area contributed by atoms with E-state index in [9.17, 15) is 14.4 Å². The van der Waals surface area contributed by atoms with Crippen molar-refractivity contribution in [1.82, 2.24) is 20.2 Å². The van der Waals surface area contributed by atoms with Crippen molar-refractivity contribution in [2.75, 3.05) is 25.5 Å². The van der Waals surface area contributed by atoms with Crippen molar-refractivity contribution in [3.63, 3.8) is 0 Å². The van der Waals surface area contributed by atoms with Crippen LogP contribution in [-0.4, -0.2) is 52.7 Å². The molecule has 0 unspecified atom stereocenters. The molecule has 1 saturated heterocycles. The van der Waals surface area contributed by atoms with Gasteiger partial charge in [0.25, 0.3) is 5.91 Å². The number of rotatable bonds is 3. The molecule has 0 spiro atoms. The highest BCUT2D eigenvalue weighted by Crippen LogP contribution is 2.18. The van der Waals surface area contributed by atoms with E-state index in [-0.39, 0.29) is 24.7 Å². The maximum absolute atomic E-state index is 12.5. The molecule has 1 fully saturated rings. The zero-order valence-electron chi connectivity index (χ0n) is 12.1.